The van der Waals surface area contributed by atoms with Crippen LogP contribution in [-0.4, -0.2) is 56.0 Å². The van der Waals surface area contributed by atoms with E-state index in [-0.39, 0.29) is 11.7 Å². The summed E-state index contributed by atoms with van der Waals surface area (Å²) in [6.07, 6.45) is 3.26. The summed E-state index contributed by atoms with van der Waals surface area (Å²) in [5.41, 5.74) is 3.45. The van der Waals surface area contributed by atoms with Crippen LogP contribution in [-0.2, 0) is 14.9 Å². The van der Waals surface area contributed by atoms with Crippen LogP contribution in [0.25, 0.3) is 31.6 Å². The first kappa shape index (κ1) is 28.1. The van der Waals surface area contributed by atoms with Crippen molar-refractivity contribution < 1.29 is 22.7 Å². The van der Waals surface area contributed by atoms with Gasteiger partial charge in [0.2, 0.25) is 0 Å². The summed E-state index contributed by atoms with van der Waals surface area (Å²) in [7, 11) is -3.98. The molecule has 216 valence electrons. The highest BCUT2D eigenvalue weighted by atomic mass is 32.2. The number of fused-ring (bicyclic) bond motifs is 2. The molecule has 2 fully saturated rings. The Morgan fingerprint density at radius 2 is 1.85 bits per heavy atom. The molecule has 4 aromatic rings. The maximum atomic E-state index is 13.9. The minimum absolute atomic E-state index is 0.112. The van der Waals surface area contributed by atoms with E-state index in [1.807, 2.05) is 38.1 Å². The quantitative estimate of drug-likeness (QED) is 0.282. The van der Waals surface area contributed by atoms with Crippen molar-refractivity contribution in [3.8, 4) is 16.3 Å². The Hall–Kier alpha value is -3.05. The molecule has 2 saturated heterocycles. The van der Waals surface area contributed by atoms with Gasteiger partial charge in [0.05, 0.1) is 33.1 Å². The number of nitrogens with one attached hydrogen (secondary N) is 1. The van der Waals surface area contributed by atoms with Gasteiger partial charge in [-0.3, -0.25) is 4.79 Å². The number of nitrogens with zero attached hydrogens (tertiary/aromatic N) is 2. The summed E-state index contributed by atoms with van der Waals surface area (Å²) < 4.78 is 43.2. The van der Waals surface area contributed by atoms with E-state index in [9.17, 15) is 13.2 Å². The van der Waals surface area contributed by atoms with Crippen LogP contribution in [0.2, 0.25) is 0 Å². The summed E-state index contributed by atoms with van der Waals surface area (Å²) in [4.78, 5) is 19.9. The molecule has 1 atom stereocenters. The smallest absolute Gasteiger partial charge is 0.304 e. The molecule has 1 unspecified atom stereocenters. The average molecular weight is 594 g/mol. The molecule has 0 radical (unpaired) electrons. The van der Waals surface area contributed by atoms with Gasteiger partial charge < -0.3 is 9.47 Å². The molecule has 1 amide bonds. The second-order valence-corrected chi connectivity index (χ2v) is 13.7. The number of pyridine rings is 1. The van der Waals surface area contributed by atoms with Crippen molar-refractivity contribution in [2.45, 2.75) is 52.6 Å². The minimum Gasteiger partial charge on any atom is -0.490 e. The van der Waals surface area contributed by atoms with Crippen LogP contribution in [0.4, 0.5) is 0 Å². The molecule has 6 rings (SSSR count). The van der Waals surface area contributed by atoms with E-state index in [0.717, 1.165) is 51.8 Å². The number of carbonyl (C=O) groups excluding carboxylic acids is 1. The van der Waals surface area contributed by atoms with Crippen LogP contribution in [0.15, 0.2) is 42.5 Å². The number of rotatable bonds is 7. The lowest BCUT2D eigenvalue weighted by atomic mass is 9.94. The van der Waals surface area contributed by atoms with Gasteiger partial charge in [-0.25, -0.2) is 9.71 Å². The Morgan fingerprint density at radius 1 is 1.12 bits per heavy atom. The molecule has 0 aliphatic carbocycles. The van der Waals surface area contributed by atoms with Gasteiger partial charge in [0, 0.05) is 31.0 Å². The van der Waals surface area contributed by atoms with E-state index >= 15 is 0 Å². The fourth-order valence-electron chi connectivity index (χ4n) is 5.90. The summed E-state index contributed by atoms with van der Waals surface area (Å²) in [5.74, 6) is 0.167. The predicted molar refractivity (Wildman–Crippen MR) is 163 cm³/mol. The first-order valence-electron chi connectivity index (χ1n) is 14.2. The maximum absolute atomic E-state index is 13.9. The second-order valence-electron chi connectivity index (χ2n) is 11.0. The van der Waals surface area contributed by atoms with Crippen LogP contribution in [0.5, 0.6) is 5.75 Å². The SMILES string of the molecule is Cc1c(-c2cc(C(=O)NS(=O)(=O)N3CCCC3)c3c(OC(C)C4CCOCC4)ccc(C)c3n2)sc2ccccc12. The zero-order chi connectivity index (χ0) is 28.7. The van der Waals surface area contributed by atoms with E-state index in [0.29, 0.717) is 54.6 Å². The van der Waals surface area contributed by atoms with Crippen molar-refractivity contribution in [2.24, 2.45) is 5.92 Å². The molecular weight excluding hydrogens is 558 g/mol. The molecule has 4 heterocycles. The third-order valence-electron chi connectivity index (χ3n) is 8.31. The largest absolute Gasteiger partial charge is 0.490 e. The van der Waals surface area contributed by atoms with Crippen LogP contribution in [0.1, 0.15) is 54.1 Å². The summed E-state index contributed by atoms with van der Waals surface area (Å²) in [6, 6.07) is 13.7. The van der Waals surface area contributed by atoms with Gasteiger partial charge in [0.25, 0.3) is 5.91 Å². The van der Waals surface area contributed by atoms with E-state index in [4.69, 9.17) is 14.5 Å². The first-order chi connectivity index (χ1) is 19.7. The van der Waals surface area contributed by atoms with E-state index in [1.165, 1.54) is 4.31 Å². The van der Waals surface area contributed by atoms with Gasteiger partial charge in [0.1, 0.15) is 5.75 Å². The number of hydrogen-bond acceptors (Lipinski definition) is 7. The van der Waals surface area contributed by atoms with Crippen molar-refractivity contribution >= 4 is 48.4 Å². The van der Waals surface area contributed by atoms with Gasteiger partial charge >= 0.3 is 10.2 Å². The van der Waals surface area contributed by atoms with Crippen molar-refractivity contribution in [3.63, 3.8) is 0 Å². The Labute approximate surface area is 244 Å². The van der Waals surface area contributed by atoms with Gasteiger partial charge in [-0.2, -0.15) is 12.7 Å². The highest BCUT2D eigenvalue weighted by molar-refractivity contribution is 7.87. The number of thiophene rings is 1. The normalized spacial score (nSPS) is 17.7. The van der Waals surface area contributed by atoms with E-state index in [2.05, 4.69) is 23.8 Å². The molecule has 2 aromatic heterocycles. The van der Waals surface area contributed by atoms with Gasteiger partial charge in [-0.1, -0.05) is 24.3 Å². The number of hydrogen-bond donors (Lipinski definition) is 1. The lowest BCUT2D eigenvalue weighted by molar-refractivity contribution is 0.0243. The number of amides is 1. The standard InChI is InChI=1S/C31H35N3O5S2/c1-19-10-11-26(39-21(3)22-12-16-38-17-13-22)28-24(31(35)33-41(36,37)34-14-6-7-15-34)18-25(32-29(19)28)30-20(2)23-8-4-5-9-27(23)40-30/h4-5,8-11,18,21-22H,6-7,12-17H2,1-3H3,(H,33,35). The highest BCUT2D eigenvalue weighted by Gasteiger charge is 2.30. The summed E-state index contributed by atoms with van der Waals surface area (Å²) in [6.45, 7) is 8.26. The Bertz CT molecular complexity index is 1720. The molecule has 0 bridgehead atoms. The fraction of sp³-hybridized carbons (Fsp3) is 0.419. The first-order valence-corrected chi connectivity index (χ1v) is 16.5. The Morgan fingerprint density at radius 3 is 2.59 bits per heavy atom. The number of aryl methyl sites for hydroxylation is 2. The van der Waals surface area contributed by atoms with Gasteiger partial charge in [-0.15, -0.1) is 11.3 Å². The van der Waals surface area contributed by atoms with Crippen molar-refractivity contribution in [1.29, 1.82) is 0 Å². The summed E-state index contributed by atoms with van der Waals surface area (Å²) in [5, 5.41) is 1.66. The average Bonchev–Trinajstić information content (AvgIpc) is 3.64. The minimum atomic E-state index is -3.98. The second kappa shape index (κ2) is 11.3. The van der Waals surface area contributed by atoms with Crippen LogP contribution >= 0.6 is 11.3 Å². The Kier molecular flexibility index (Phi) is 7.76. The van der Waals surface area contributed by atoms with Gasteiger partial charge in [-0.05, 0) is 87.1 Å². The number of ether oxygens (including phenoxy) is 2. The molecule has 2 aliphatic heterocycles. The van der Waals surface area contributed by atoms with E-state index < -0.39 is 16.1 Å². The topological polar surface area (TPSA) is 97.8 Å². The van der Waals surface area contributed by atoms with Crippen LogP contribution in [0.3, 0.4) is 0 Å². The summed E-state index contributed by atoms with van der Waals surface area (Å²) >= 11 is 1.62. The fourth-order valence-corrected chi connectivity index (χ4v) is 8.28. The van der Waals surface area contributed by atoms with Crippen molar-refractivity contribution in [3.05, 3.63) is 59.2 Å². The van der Waals surface area contributed by atoms with Crippen molar-refractivity contribution in [1.82, 2.24) is 14.0 Å². The Balaban J connectivity index is 1.50. The lowest BCUT2D eigenvalue weighted by Gasteiger charge is -2.29. The maximum Gasteiger partial charge on any atom is 0.304 e. The molecule has 0 spiro atoms. The molecule has 10 heteroatoms. The van der Waals surface area contributed by atoms with E-state index in [1.54, 1.807) is 17.4 Å². The molecular formula is C31H35N3O5S2. The molecule has 41 heavy (non-hydrogen) atoms. The van der Waals surface area contributed by atoms with Crippen molar-refractivity contribution in [2.75, 3.05) is 26.3 Å². The molecule has 0 saturated carbocycles. The molecule has 1 N–H and O–H groups in total. The predicted octanol–water partition coefficient (Wildman–Crippen LogP) is 6.00. The monoisotopic (exact) mass is 593 g/mol. The van der Waals surface area contributed by atoms with Crippen LogP contribution in [0, 0.1) is 19.8 Å². The zero-order valence-electron chi connectivity index (χ0n) is 23.6. The zero-order valence-corrected chi connectivity index (χ0v) is 25.2. The number of benzene rings is 2. The van der Waals surface area contributed by atoms with Gasteiger partial charge in [0.15, 0.2) is 0 Å². The molecule has 2 aromatic carbocycles. The lowest BCUT2D eigenvalue weighted by Crippen LogP contribution is -2.42. The molecule has 8 nitrogen and oxygen atoms in total. The number of carbonyl (C=O) groups is 1. The third kappa shape index (κ3) is 5.46. The van der Waals surface area contributed by atoms with Crippen LogP contribution < -0.4 is 9.46 Å². The third-order valence-corrected chi connectivity index (χ3v) is 11.1. The highest BCUT2D eigenvalue weighted by Crippen LogP contribution is 2.41. The number of aromatic nitrogens is 1. The molecule has 2 aliphatic rings.